The largest absolute Gasteiger partial charge is 0.497 e. The molecule has 0 spiro atoms. The standard InChI is InChI=1S/C24H28N6O2/c1-13(21-14(2)27-29(5)16(21)4)25-24(31)19-12-20(17-8-10-18(32-7)11-9-17)26-23-22(19)15(3)28-30(23)6/h8-13H,1-7H3,(H,25,31). The number of methoxy groups -OCH3 is 1. The number of aromatic nitrogens is 5. The van der Waals surface area contributed by atoms with Crippen molar-refractivity contribution >= 4 is 16.9 Å². The number of carbonyl (C=O) groups excluding carboxylic acids is 1. The van der Waals surface area contributed by atoms with Crippen molar-refractivity contribution in [1.82, 2.24) is 29.9 Å². The fourth-order valence-corrected chi connectivity index (χ4v) is 4.30. The van der Waals surface area contributed by atoms with E-state index in [4.69, 9.17) is 9.72 Å². The van der Waals surface area contributed by atoms with Gasteiger partial charge in [-0.2, -0.15) is 10.2 Å². The number of rotatable bonds is 5. The molecule has 4 aromatic rings. The molecular formula is C24H28N6O2. The molecule has 0 fully saturated rings. The first-order valence-electron chi connectivity index (χ1n) is 10.5. The number of aryl methyl sites for hydroxylation is 4. The molecule has 0 saturated heterocycles. The number of hydrogen-bond donors (Lipinski definition) is 1. The van der Waals surface area contributed by atoms with Crippen LogP contribution in [0.1, 0.15) is 46.0 Å². The molecular weight excluding hydrogens is 404 g/mol. The van der Waals surface area contributed by atoms with E-state index in [1.807, 2.05) is 76.8 Å². The number of nitrogens with one attached hydrogen (secondary N) is 1. The van der Waals surface area contributed by atoms with Gasteiger partial charge in [0.15, 0.2) is 5.65 Å². The van der Waals surface area contributed by atoms with E-state index in [0.717, 1.165) is 39.3 Å². The van der Waals surface area contributed by atoms with Crippen molar-refractivity contribution in [2.75, 3.05) is 7.11 Å². The second-order valence-corrected chi connectivity index (χ2v) is 8.09. The van der Waals surface area contributed by atoms with Gasteiger partial charge in [0, 0.05) is 30.9 Å². The fraction of sp³-hybridized carbons (Fsp3) is 0.333. The van der Waals surface area contributed by atoms with Crippen molar-refractivity contribution in [2.45, 2.75) is 33.7 Å². The Morgan fingerprint density at radius 2 is 1.69 bits per heavy atom. The Labute approximate surface area is 187 Å². The van der Waals surface area contributed by atoms with Crippen LogP contribution < -0.4 is 10.1 Å². The molecule has 0 aliphatic carbocycles. The Kier molecular flexibility index (Phi) is 5.46. The quantitative estimate of drug-likeness (QED) is 0.518. The van der Waals surface area contributed by atoms with E-state index in [9.17, 15) is 4.79 Å². The molecule has 32 heavy (non-hydrogen) atoms. The molecule has 166 valence electrons. The number of carbonyl (C=O) groups is 1. The van der Waals surface area contributed by atoms with Crippen LogP contribution in [-0.4, -0.2) is 37.6 Å². The number of nitrogens with zero attached hydrogens (tertiary/aromatic N) is 5. The Bertz CT molecular complexity index is 1320. The van der Waals surface area contributed by atoms with Gasteiger partial charge in [0.1, 0.15) is 5.75 Å². The van der Waals surface area contributed by atoms with Crippen LogP contribution >= 0.6 is 0 Å². The molecule has 8 heteroatoms. The molecule has 0 saturated carbocycles. The van der Waals surface area contributed by atoms with Crippen molar-refractivity contribution < 1.29 is 9.53 Å². The third-order valence-corrected chi connectivity index (χ3v) is 5.94. The van der Waals surface area contributed by atoms with Crippen molar-refractivity contribution in [3.8, 4) is 17.0 Å². The summed E-state index contributed by atoms with van der Waals surface area (Å²) in [4.78, 5) is 18.3. The van der Waals surface area contributed by atoms with Gasteiger partial charge in [0.05, 0.1) is 41.2 Å². The van der Waals surface area contributed by atoms with Crippen molar-refractivity contribution in [3.63, 3.8) is 0 Å². The SMILES string of the molecule is COc1ccc(-c2cc(C(=O)NC(C)c3c(C)nn(C)c3C)c3c(C)nn(C)c3n2)cc1. The van der Waals surface area contributed by atoms with E-state index in [1.165, 1.54) is 0 Å². The number of ether oxygens (including phenoxy) is 1. The first-order chi connectivity index (χ1) is 15.2. The van der Waals surface area contributed by atoms with Gasteiger partial charge in [0.2, 0.25) is 0 Å². The lowest BCUT2D eigenvalue weighted by Gasteiger charge is -2.16. The van der Waals surface area contributed by atoms with E-state index in [-0.39, 0.29) is 11.9 Å². The zero-order valence-electron chi connectivity index (χ0n) is 19.5. The first kappa shape index (κ1) is 21.5. The minimum absolute atomic E-state index is 0.168. The number of amides is 1. The maximum atomic E-state index is 13.5. The minimum Gasteiger partial charge on any atom is -0.497 e. The Morgan fingerprint density at radius 3 is 2.28 bits per heavy atom. The molecule has 0 aliphatic rings. The number of pyridine rings is 1. The third-order valence-electron chi connectivity index (χ3n) is 5.94. The fourth-order valence-electron chi connectivity index (χ4n) is 4.30. The second-order valence-electron chi connectivity index (χ2n) is 8.09. The van der Waals surface area contributed by atoms with Crippen LogP contribution in [0.25, 0.3) is 22.3 Å². The average molecular weight is 433 g/mol. The molecule has 0 radical (unpaired) electrons. The van der Waals surface area contributed by atoms with Gasteiger partial charge in [-0.25, -0.2) is 4.98 Å². The number of benzene rings is 1. The predicted molar refractivity (Wildman–Crippen MR) is 124 cm³/mol. The molecule has 3 aromatic heterocycles. The maximum absolute atomic E-state index is 13.5. The summed E-state index contributed by atoms with van der Waals surface area (Å²) in [7, 11) is 5.38. The van der Waals surface area contributed by atoms with E-state index in [1.54, 1.807) is 11.8 Å². The van der Waals surface area contributed by atoms with Crippen LogP contribution in [0.15, 0.2) is 30.3 Å². The highest BCUT2D eigenvalue weighted by atomic mass is 16.5. The Morgan fingerprint density at radius 1 is 1.03 bits per heavy atom. The molecule has 8 nitrogen and oxygen atoms in total. The van der Waals surface area contributed by atoms with Gasteiger partial charge >= 0.3 is 0 Å². The smallest absolute Gasteiger partial charge is 0.252 e. The van der Waals surface area contributed by atoms with Gasteiger partial charge in [-0.05, 0) is 58.0 Å². The van der Waals surface area contributed by atoms with Crippen molar-refractivity contribution in [2.24, 2.45) is 14.1 Å². The van der Waals surface area contributed by atoms with Crippen molar-refractivity contribution in [1.29, 1.82) is 0 Å². The third kappa shape index (κ3) is 3.62. The zero-order valence-corrected chi connectivity index (χ0v) is 19.5. The van der Waals surface area contributed by atoms with Gasteiger partial charge in [-0.1, -0.05) is 0 Å². The van der Waals surface area contributed by atoms with E-state index < -0.39 is 0 Å². The van der Waals surface area contributed by atoms with Crippen LogP contribution in [-0.2, 0) is 14.1 Å². The predicted octanol–water partition coefficient (Wildman–Crippen LogP) is 3.79. The average Bonchev–Trinajstić information content (AvgIpc) is 3.20. The lowest BCUT2D eigenvalue weighted by atomic mass is 10.0. The van der Waals surface area contributed by atoms with E-state index >= 15 is 0 Å². The van der Waals surface area contributed by atoms with Crippen LogP contribution in [0.5, 0.6) is 5.75 Å². The topological polar surface area (TPSA) is 86.9 Å². The highest BCUT2D eigenvalue weighted by Gasteiger charge is 2.23. The van der Waals surface area contributed by atoms with E-state index in [0.29, 0.717) is 16.9 Å². The summed E-state index contributed by atoms with van der Waals surface area (Å²) >= 11 is 0. The summed E-state index contributed by atoms with van der Waals surface area (Å²) in [6.45, 7) is 7.85. The van der Waals surface area contributed by atoms with Crippen LogP contribution in [0.3, 0.4) is 0 Å². The van der Waals surface area contributed by atoms with Crippen LogP contribution in [0, 0.1) is 20.8 Å². The summed E-state index contributed by atoms with van der Waals surface area (Å²) < 4.78 is 8.81. The van der Waals surface area contributed by atoms with Crippen LogP contribution in [0.4, 0.5) is 0 Å². The molecule has 1 unspecified atom stereocenters. The minimum atomic E-state index is -0.194. The molecule has 0 bridgehead atoms. The van der Waals surface area contributed by atoms with Gasteiger partial charge in [-0.3, -0.25) is 14.2 Å². The van der Waals surface area contributed by atoms with E-state index in [2.05, 4.69) is 15.5 Å². The first-order valence-corrected chi connectivity index (χ1v) is 10.5. The Hall–Kier alpha value is -3.68. The van der Waals surface area contributed by atoms with Crippen LogP contribution in [0.2, 0.25) is 0 Å². The molecule has 4 rings (SSSR count). The maximum Gasteiger partial charge on any atom is 0.252 e. The number of fused-ring (bicyclic) bond motifs is 1. The molecule has 1 amide bonds. The zero-order chi connectivity index (χ0) is 23.2. The van der Waals surface area contributed by atoms with Gasteiger partial charge in [-0.15, -0.1) is 0 Å². The normalized spacial score (nSPS) is 12.2. The molecule has 3 heterocycles. The Balaban J connectivity index is 1.78. The number of hydrogen-bond acceptors (Lipinski definition) is 5. The summed E-state index contributed by atoms with van der Waals surface area (Å²) in [6.07, 6.45) is 0. The molecule has 1 N–H and O–H groups in total. The monoisotopic (exact) mass is 432 g/mol. The summed E-state index contributed by atoms with van der Waals surface area (Å²) in [5.74, 6) is 0.596. The summed E-state index contributed by atoms with van der Waals surface area (Å²) in [6, 6.07) is 9.27. The van der Waals surface area contributed by atoms with Crippen molar-refractivity contribution in [3.05, 3.63) is 58.5 Å². The highest BCUT2D eigenvalue weighted by molar-refractivity contribution is 6.07. The molecule has 1 aromatic carbocycles. The lowest BCUT2D eigenvalue weighted by molar-refractivity contribution is 0.0941. The summed E-state index contributed by atoms with van der Waals surface area (Å²) in [5.41, 5.74) is 6.56. The lowest BCUT2D eigenvalue weighted by Crippen LogP contribution is -2.27. The molecule has 0 aliphatic heterocycles. The van der Waals surface area contributed by atoms with Gasteiger partial charge in [0.25, 0.3) is 5.91 Å². The highest BCUT2D eigenvalue weighted by Crippen LogP contribution is 2.29. The second kappa shape index (κ2) is 8.11. The molecule has 1 atom stereocenters. The van der Waals surface area contributed by atoms with Gasteiger partial charge < -0.3 is 10.1 Å². The summed E-state index contributed by atoms with van der Waals surface area (Å²) in [5, 5.41) is 12.9.